The van der Waals surface area contributed by atoms with Crippen LogP contribution in [0.3, 0.4) is 0 Å². The Morgan fingerprint density at radius 1 is 1.19 bits per heavy atom. The molecule has 0 bridgehead atoms. The minimum atomic E-state index is -0.475. The van der Waals surface area contributed by atoms with E-state index < -0.39 is 18.0 Å². The van der Waals surface area contributed by atoms with E-state index >= 15 is 0 Å². The predicted molar refractivity (Wildman–Crippen MR) is 81.4 cm³/mol. The molecule has 0 fully saturated rings. The summed E-state index contributed by atoms with van der Waals surface area (Å²) in [4.78, 5) is 23.5. The molecule has 0 aliphatic rings. The summed E-state index contributed by atoms with van der Waals surface area (Å²) in [5.41, 5.74) is 0.918. The number of rotatable bonds is 7. The second-order valence-corrected chi connectivity index (χ2v) is 4.67. The van der Waals surface area contributed by atoms with Gasteiger partial charge in [-0.2, -0.15) is 0 Å². The van der Waals surface area contributed by atoms with E-state index in [1.807, 2.05) is 37.3 Å². The fraction of sp³-hybridized carbons (Fsp3) is 0.412. The van der Waals surface area contributed by atoms with Gasteiger partial charge in [-0.15, -0.1) is 0 Å². The second kappa shape index (κ2) is 8.95. The van der Waals surface area contributed by atoms with Gasteiger partial charge in [-0.25, -0.2) is 4.79 Å². The molecule has 0 spiro atoms. The second-order valence-electron chi connectivity index (χ2n) is 4.67. The zero-order valence-corrected chi connectivity index (χ0v) is 12.7. The van der Waals surface area contributed by atoms with Crippen LogP contribution in [0.25, 0.3) is 6.08 Å². The highest BCUT2D eigenvalue weighted by Gasteiger charge is 2.26. The maximum Gasteiger partial charge on any atom is 0.331 e. The largest absolute Gasteiger partial charge is 0.466 e. The number of hydrogen-bond donors (Lipinski definition) is 0. The summed E-state index contributed by atoms with van der Waals surface area (Å²) in [5, 5.41) is 0. The SMILES string of the molecule is CCOC(=O)C(C)C(CC)OC(=O)C=Cc1ccccc1. The highest BCUT2D eigenvalue weighted by molar-refractivity contribution is 5.87. The molecule has 4 nitrogen and oxygen atoms in total. The third-order valence-corrected chi connectivity index (χ3v) is 3.10. The van der Waals surface area contributed by atoms with Crippen molar-refractivity contribution in [1.29, 1.82) is 0 Å². The monoisotopic (exact) mass is 290 g/mol. The average Bonchev–Trinajstić information content (AvgIpc) is 2.51. The Morgan fingerprint density at radius 3 is 2.43 bits per heavy atom. The molecule has 4 heteroatoms. The standard InChI is InChI=1S/C17H22O4/c1-4-15(13(3)17(19)20-5-2)21-16(18)12-11-14-9-7-6-8-10-14/h6-13,15H,4-5H2,1-3H3. The maximum atomic E-state index is 11.8. The van der Waals surface area contributed by atoms with Crippen LogP contribution in [-0.2, 0) is 19.1 Å². The van der Waals surface area contributed by atoms with Gasteiger partial charge in [0.25, 0.3) is 0 Å². The van der Waals surface area contributed by atoms with Gasteiger partial charge in [0, 0.05) is 6.08 Å². The summed E-state index contributed by atoms with van der Waals surface area (Å²) in [5.74, 6) is -1.27. The van der Waals surface area contributed by atoms with Crippen LogP contribution >= 0.6 is 0 Å². The summed E-state index contributed by atoms with van der Waals surface area (Å²) in [6.07, 6.45) is 3.14. The average molecular weight is 290 g/mol. The van der Waals surface area contributed by atoms with Crippen molar-refractivity contribution in [2.75, 3.05) is 6.61 Å². The van der Waals surface area contributed by atoms with E-state index in [0.717, 1.165) is 5.56 Å². The molecule has 0 radical (unpaired) electrons. The van der Waals surface area contributed by atoms with Crippen molar-refractivity contribution < 1.29 is 19.1 Å². The van der Waals surface area contributed by atoms with Gasteiger partial charge < -0.3 is 9.47 Å². The van der Waals surface area contributed by atoms with Crippen LogP contribution in [0.15, 0.2) is 36.4 Å². The molecule has 0 aliphatic carbocycles. The van der Waals surface area contributed by atoms with E-state index in [1.165, 1.54) is 6.08 Å². The number of benzene rings is 1. The van der Waals surface area contributed by atoms with E-state index in [1.54, 1.807) is 19.9 Å². The third-order valence-electron chi connectivity index (χ3n) is 3.10. The van der Waals surface area contributed by atoms with Crippen LogP contribution in [0.4, 0.5) is 0 Å². The van der Waals surface area contributed by atoms with Crippen molar-refractivity contribution in [3.05, 3.63) is 42.0 Å². The van der Waals surface area contributed by atoms with E-state index in [-0.39, 0.29) is 5.97 Å². The Labute approximate surface area is 125 Å². The number of hydrogen-bond acceptors (Lipinski definition) is 4. The Bertz CT molecular complexity index is 479. The molecule has 2 unspecified atom stereocenters. The topological polar surface area (TPSA) is 52.6 Å². The molecule has 2 atom stereocenters. The number of esters is 2. The predicted octanol–water partition coefficient (Wildman–Crippen LogP) is 3.22. The zero-order valence-electron chi connectivity index (χ0n) is 12.7. The highest BCUT2D eigenvalue weighted by Crippen LogP contribution is 2.14. The molecule has 114 valence electrons. The van der Waals surface area contributed by atoms with Crippen molar-refractivity contribution in [3.8, 4) is 0 Å². The lowest BCUT2D eigenvalue weighted by molar-refractivity contribution is -0.158. The Hall–Kier alpha value is -2.10. The fourth-order valence-electron chi connectivity index (χ4n) is 1.88. The van der Waals surface area contributed by atoms with Crippen molar-refractivity contribution in [2.24, 2.45) is 5.92 Å². The first-order valence-electron chi connectivity index (χ1n) is 7.18. The number of carbonyl (C=O) groups is 2. The molecule has 1 rings (SSSR count). The Balaban J connectivity index is 2.58. The first kappa shape index (κ1) is 17.0. The Kier molecular flexibility index (Phi) is 7.23. The van der Waals surface area contributed by atoms with E-state index in [4.69, 9.17) is 9.47 Å². The van der Waals surface area contributed by atoms with Crippen molar-refractivity contribution in [1.82, 2.24) is 0 Å². The summed E-state index contributed by atoms with van der Waals surface area (Å²) in [6, 6.07) is 9.47. The smallest absolute Gasteiger partial charge is 0.331 e. The molecule has 21 heavy (non-hydrogen) atoms. The van der Waals surface area contributed by atoms with Gasteiger partial charge >= 0.3 is 11.9 Å². The van der Waals surface area contributed by atoms with Gasteiger partial charge in [0.2, 0.25) is 0 Å². The summed E-state index contributed by atoms with van der Waals surface area (Å²) in [6.45, 7) is 5.65. The molecule has 0 heterocycles. The molecule has 0 saturated carbocycles. The molecule has 0 aliphatic heterocycles. The van der Waals surface area contributed by atoms with Crippen LogP contribution in [0, 0.1) is 5.92 Å². The summed E-state index contributed by atoms with van der Waals surface area (Å²) < 4.78 is 10.3. The molecule has 1 aromatic rings. The quantitative estimate of drug-likeness (QED) is 0.571. The first-order valence-corrected chi connectivity index (χ1v) is 7.18. The first-order chi connectivity index (χ1) is 10.1. The summed E-state index contributed by atoms with van der Waals surface area (Å²) >= 11 is 0. The molecule has 0 aromatic heterocycles. The molecule has 0 amide bonds. The van der Waals surface area contributed by atoms with Gasteiger partial charge in [0.1, 0.15) is 6.10 Å². The van der Waals surface area contributed by atoms with Crippen molar-refractivity contribution >= 4 is 18.0 Å². The Morgan fingerprint density at radius 2 is 1.86 bits per heavy atom. The van der Waals surface area contributed by atoms with Crippen molar-refractivity contribution in [2.45, 2.75) is 33.3 Å². The van der Waals surface area contributed by atoms with Gasteiger partial charge in [-0.1, -0.05) is 37.3 Å². The van der Waals surface area contributed by atoms with E-state index in [0.29, 0.717) is 13.0 Å². The lowest BCUT2D eigenvalue weighted by Gasteiger charge is -2.20. The molecule has 0 saturated heterocycles. The van der Waals surface area contributed by atoms with Crippen molar-refractivity contribution in [3.63, 3.8) is 0 Å². The van der Waals surface area contributed by atoms with Gasteiger partial charge in [0.15, 0.2) is 0 Å². The van der Waals surface area contributed by atoms with Gasteiger partial charge in [0.05, 0.1) is 12.5 Å². The fourth-order valence-corrected chi connectivity index (χ4v) is 1.88. The minimum absolute atomic E-state index is 0.321. The van der Waals surface area contributed by atoms with E-state index in [9.17, 15) is 9.59 Å². The number of carbonyl (C=O) groups excluding carboxylic acids is 2. The van der Waals surface area contributed by atoms with Gasteiger partial charge in [-0.05, 0) is 31.9 Å². The normalized spacial score (nSPS) is 13.7. The lowest BCUT2D eigenvalue weighted by Crippen LogP contribution is -2.31. The lowest BCUT2D eigenvalue weighted by atomic mass is 10.0. The molecular weight excluding hydrogens is 268 g/mol. The van der Waals surface area contributed by atoms with Crippen LogP contribution in [0.5, 0.6) is 0 Å². The highest BCUT2D eigenvalue weighted by atomic mass is 16.6. The minimum Gasteiger partial charge on any atom is -0.466 e. The summed E-state index contributed by atoms with van der Waals surface area (Å²) in [7, 11) is 0. The zero-order chi connectivity index (χ0) is 15.7. The maximum absolute atomic E-state index is 11.8. The van der Waals surface area contributed by atoms with E-state index in [2.05, 4.69) is 0 Å². The number of ether oxygens (including phenoxy) is 2. The van der Waals surface area contributed by atoms with Crippen LogP contribution < -0.4 is 0 Å². The van der Waals surface area contributed by atoms with Crippen LogP contribution in [0.1, 0.15) is 32.8 Å². The molecule has 0 N–H and O–H groups in total. The molecular formula is C17H22O4. The van der Waals surface area contributed by atoms with Gasteiger partial charge in [-0.3, -0.25) is 4.79 Å². The van der Waals surface area contributed by atoms with Crippen LogP contribution in [0.2, 0.25) is 0 Å². The van der Waals surface area contributed by atoms with Crippen LogP contribution in [-0.4, -0.2) is 24.6 Å². The molecule has 1 aromatic carbocycles. The third kappa shape index (κ3) is 5.81.